The van der Waals surface area contributed by atoms with E-state index in [2.05, 4.69) is 15.7 Å². The van der Waals surface area contributed by atoms with Gasteiger partial charge >= 0.3 is 0 Å². The van der Waals surface area contributed by atoms with Crippen molar-refractivity contribution in [3.63, 3.8) is 0 Å². The highest BCUT2D eigenvalue weighted by Gasteiger charge is 2.17. The molecule has 4 rings (SSSR count). The van der Waals surface area contributed by atoms with Crippen molar-refractivity contribution in [2.75, 3.05) is 32.5 Å². The molecule has 0 bridgehead atoms. The van der Waals surface area contributed by atoms with E-state index >= 15 is 0 Å². The van der Waals surface area contributed by atoms with E-state index in [1.807, 2.05) is 51.0 Å². The number of rotatable bonds is 9. The minimum absolute atomic E-state index is 0.170. The fourth-order valence-corrected chi connectivity index (χ4v) is 3.89. The summed E-state index contributed by atoms with van der Waals surface area (Å²) >= 11 is 6.16. The van der Waals surface area contributed by atoms with Crippen molar-refractivity contribution in [3.8, 4) is 17.2 Å². The van der Waals surface area contributed by atoms with Crippen LogP contribution >= 0.6 is 11.6 Å². The van der Waals surface area contributed by atoms with Crippen molar-refractivity contribution in [1.29, 1.82) is 0 Å². The average molecular weight is 532 g/mol. The minimum Gasteiger partial charge on any atom is -0.453 e. The van der Waals surface area contributed by atoms with Gasteiger partial charge in [0.1, 0.15) is 5.75 Å². The van der Waals surface area contributed by atoms with Gasteiger partial charge in [-0.2, -0.15) is 9.78 Å². The molecule has 196 valence electrons. The summed E-state index contributed by atoms with van der Waals surface area (Å²) in [5.74, 6) is 0.623. The van der Waals surface area contributed by atoms with Gasteiger partial charge in [-0.15, -0.1) is 0 Å². The van der Waals surface area contributed by atoms with E-state index in [1.54, 1.807) is 48.5 Å². The predicted octanol–water partition coefficient (Wildman–Crippen LogP) is 5.33. The van der Waals surface area contributed by atoms with E-state index in [0.717, 1.165) is 17.7 Å². The van der Waals surface area contributed by atoms with Crippen LogP contribution in [0.3, 0.4) is 0 Å². The molecule has 0 aliphatic rings. The van der Waals surface area contributed by atoms with Gasteiger partial charge < -0.3 is 20.3 Å². The third-order valence-corrected chi connectivity index (χ3v) is 6.18. The summed E-state index contributed by atoms with van der Waals surface area (Å²) in [5, 5.41) is 10.9. The Hall–Kier alpha value is -4.14. The second-order valence-electron chi connectivity index (χ2n) is 9.19. The van der Waals surface area contributed by atoms with Crippen LogP contribution in [0.4, 0.5) is 11.4 Å². The second kappa shape index (κ2) is 11.9. The smallest absolute Gasteiger partial charge is 0.299 e. The van der Waals surface area contributed by atoms with E-state index in [4.69, 9.17) is 16.3 Å². The Kier molecular flexibility index (Phi) is 8.45. The number of aryl methyl sites for hydroxylation is 2. The Bertz CT molecular complexity index is 1520. The summed E-state index contributed by atoms with van der Waals surface area (Å²) in [5.41, 5.74) is 3.46. The molecule has 4 aromatic rings. The number of ether oxygens (including phenoxy) is 1. The van der Waals surface area contributed by atoms with Crippen LogP contribution in [-0.4, -0.2) is 47.8 Å². The zero-order valence-electron chi connectivity index (χ0n) is 21.8. The summed E-state index contributed by atoms with van der Waals surface area (Å²) < 4.78 is 7.37. The first-order valence-corrected chi connectivity index (χ1v) is 12.5. The molecule has 38 heavy (non-hydrogen) atoms. The molecule has 0 radical (unpaired) electrons. The molecule has 0 atom stereocenters. The number of halogens is 1. The lowest BCUT2D eigenvalue weighted by Gasteiger charge is -2.16. The van der Waals surface area contributed by atoms with Crippen LogP contribution < -0.4 is 20.9 Å². The molecule has 8 nitrogen and oxygen atoms in total. The molecule has 1 aromatic heterocycles. The van der Waals surface area contributed by atoms with Gasteiger partial charge in [-0.1, -0.05) is 29.8 Å². The molecule has 0 aliphatic carbocycles. The molecule has 0 fully saturated rings. The number of nitrogens with zero attached hydrogens (tertiary/aromatic N) is 3. The van der Waals surface area contributed by atoms with Crippen LogP contribution in [0, 0.1) is 13.8 Å². The SMILES string of the molecule is Cc1ccc(Oc2cnn(-c3cccc(Cl)c3)c(=O)c2Nc2cccc(C(=O)NCCN(C)C)c2)cc1C. The Labute approximate surface area is 226 Å². The van der Waals surface area contributed by atoms with Gasteiger partial charge in [-0.3, -0.25) is 9.59 Å². The molecule has 9 heteroatoms. The zero-order chi connectivity index (χ0) is 27.2. The monoisotopic (exact) mass is 531 g/mol. The number of hydrogen-bond donors (Lipinski definition) is 2. The van der Waals surface area contributed by atoms with Gasteiger partial charge in [-0.05, 0) is 87.6 Å². The summed E-state index contributed by atoms with van der Waals surface area (Å²) in [6, 6.07) is 19.5. The Morgan fingerprint density at radius 1 is 1.03 bits per heavy atom. The molecule has 1 amide bonds. The summed E-state index contributed by atoms with van der Waals surface area (Å²) in [4.78, 5) is 28.3. The first-order valence-electron chi connectivity index (χ1n) is 12.1. The number of hydrogen-bond acceptors (Lipinski definition) is 6. The molecular weight excluding hydrogens is 502 g/mol. The first kappa shape index (κ1) is 26.9. The molecule has 0 saturated heterocycles. The molecule has 0 saturated carbocycles. The quantitative estimate of drug-likeness (QED) is 0.303. The average Bonchev–Trinajstić information content (AvgIpc) is 2.88. The lowest BCUT2D eigenvalue weighted by Crippen LogP contribution is -2.31. The lowest BCUT2D eigenvalue weighted by atomic mass is 10.1. The maximum absolute atomic E-state index is 13.7. The van der Waals surface area contributed by atoms with Crippen LogP contribution in [0.25, 0.3) is 5.69 Å². The topological polar surface area (TPSA) is 88.5 Å². The van der Waals surface area contributed by atoms with E-state index in [1.165, 1.54) is 10.9 Å². The number of benzene rings is 3. The van der Waals surface area contributed by atoms with Crippen molar-refractivity contribution < 1.29 is 9.53 Å². The molecule has 0 aliphatic heterocycles. The second-order valence-corrected chi connectivity index (χ2v) is 9.63. The van der Waals surface area contributed by atoms with Gasteiger partial charge in [0.05, 0.1) is 11.9 Å². The zero-order valence-corrected chi connectivity index (χ0v) is 22.5. The molecule has 1 heterocycles. The minimum atomic E-state index is -0.436. The number of carbonyl (C=O) groups is 1. The fourth-order valence-electron chi connectivity index (χ4n) is 3.70. The van der Waals surface area contributed by atoms with E-state index < -0.39 is 5.56 Å². The summed E-state index contributed by atoms with van der Waals surface area (Å²) in [7, 11) is 3.89. The van der Waals surface area contributed by atoms with Crippen LogP contribution in [0.2, 0.25) is 5.02 Å². The van der Waals surface area contributed by atoms with Crippen LogP contribution in [0.1, 0.15) is 21.5 Å². The summed E-state index contributed by atoms with van der Waals surface area (Å²) in [6.45, 7) is 5.25. The van der Waals surface area contributed by atoms with E-state index in [9.17, 15) is 9.59 Å². The van der Waals surface area contributed by atoms with Crippen molar-refractivity contribution in [3.05, 3.63) is 105 Å². The Morgan fingerprint density at radius 3 is 2.55 bits per heavy atom. The van der Waals surface area contributed by atoms with Gasteiger partial charge in [0.15, 0.2) is 11.4 Å². The highest BCUT2D eigenvalue weighted by Crippen LogP contribution is 2.30. The fraction of sp³-hybridized carbons (Fsp3) is 0.207. The van der Waals surface area contributed by atoms with Crippen LogP contribution in [0.5, 0.6) is 11.5 Å². The molecule has 2 N–H and O–H groups in total. The molecular formula is C29H30ClN5O3. The Morgan fingerprint density at radius 2 is 1.82 bits per heavy atom. The summed E-state index contributed by atoms with van der Waals surface area (Å²) in [6.07, 6.45) is 1.48. The number of aromatic nitrogens is 2. The first-order chi connectivity index (χ1) is 18.2. The van der Waals surface area contributed by atoms with Gasteiger partial charge in [0.2, 0.25) is 0 Å². The van der Waals surface area contributed by atoms with Crippen LogP contribution in [0.15, 0.2) is 77.7 Å². The maximum Gasteiger partial charge on any atom is 0.299 e. The lowest BCUT2D eigenvalue weighted by molar-refractivity contribution is 0.0951. The highest BCUT2D eigenvalue weighted by atomic mass is 35.5. The van der Waals surface area contributed by atoms with E-state index in [-0.39, 0.29) is 17.3 Å². The van der Waals surface area contributed by atoms with Crippen molar-refractivity contribution >= 4 is 28.9 Å². The number of amides is 1. The van der Waals surface area contributed by atoms with Crippen molar-refractivity contribution in [2.24, 2.45) is 0 Å². The van der Waals surface area contributed by atoms with E-state index in [0.29, 0.717) is 34.3 Å². The number of anilines is 2. The maximum atomic E-state index is 13.7. The normalized spacial score (nSPS) is 10.9. The van der Waals surface area contributed by atoms with Gasteiger partial charge in [-0.25, -0.2) is 0 Å². The molecule has 0 spiro atoms. The van der Waals surface area contributed by atoms with Crippen molar-refractivity contribution in [2.45, 2.75) is 13.8 Å². The number of carbonyl (C=O) groups excluding carboxylic acids is 1. The van der Waals surface area contributed by atoms with Crippen LogP contribution in [-0.2, 0) is 0 Å². The van der Waals surface area contributed by atoms with Gasteiger partial charge in [0.25, 0.3) is 11.5 Å². The number of likely N-dealkylation sites (N-methyl/N-ethyl adjacent to an activating group) is 1. The largest absolute Gasteiger partial charge is 0.453 e. The van der Waals surface area contributed by atoms with Gasteiger partial charge in [0, 0.05) is 29.4 Å². The molecule has 0 unspecified atom stereocenters. The predicted molar refractivity (Wildman–Crippen MR) is 151 cm³/mol. The Balaban J connectivity index is 1.71. The van der Waals surface area contributed by atoms with Crippen molar-refractivity contribution in [1.82, 2.24) is 20.0 Å². The molecule has 3 aromatic carbocycles. The highest BCUT2D eigenvalue weighted by molar-refractivity contribution is 6.30. The third kappa shape index (κ3) is 6.59. The standard InChI is InChI=1S/C29H30ClN5O3/c1-19-11-12-25(15-20(19)2)38-26-18-32-35(24-10-6-8-22(30)17-24)29(37)27(26)33-23-9-5-7-21(16-23)28(36)31-13-14-34(3)4/h5-12,15-18,33H,13-14H2,1-4H3,(H,31,36). The number of nitrogens with one attached hydrogen (secondary N) is 2. The third-order valence-electron chi connectivity index (χ3n) is 5.94.